The first-order valence-electron chi connectivity index (χ1n) is 6.24. The summed E-state index contributed by atoms with van der Waals surface area (Å²) in [5, 5.41) is 20.2. The zero-order valence-corrected chi connectivity index (χ0v) is 10.7. The maximum Gasteiger partial charge on any atom is 0.310 e. The van der Waals surface area contributed by atoms with Crippen molar-refractivity contribution in [1.29, 1.82) is 5.26 Å². The zero-order valence-electron chi connectivity index (χ0n) is 10.7. The third-order valence-corrected chi connectivity index (χ3v) is 3.54. The molecule has 1 aromatic carbocycles. The van der Waals surface area contributed by atoms with Gasteiger partial charge in [-0.25, -0.2) is 0 Å². The van der Waals surface area contributed by atoms with E-state index in [0.717, 1.165) is 12.8 Å². The molecule has 0 bridgehead atoms. The number of rotatable bonds is 2. The third kappa shape index (κ3) is 2.51. The molecule has 6 nitrogen and oxygen atoms in total. The SMILES string of the molecule is CC1CC(N)CCN1c1cccc(C#N)c1[N+](=O)[O-]. The molecular weight excluding hydrogens is 244 g/mol. The number of nitriles is 1. The van der Waals surface area contributed by atoms with Crippen LogP contribution < -0.4 is 10.6 Å². The van der Waals surface area contributed by atoms with Gasteiger partial charge in [0.05, 0.1) is 4.92 Å². The van der Waals surface area contributed by atoms with Crippen molar-refractivity contribution in [1.82, 2.24) is 0 Å². The van der Waals surface area contributed by atoms with Crippen LogP contribution in [0, 0.1) is 21.4 Å². The van der Waals surface area contributed by atoms with E-state index in [1.54, 1.807) is 12.1 Å². The molecule has 19 heavy (non-hydrogen) atoms. The molecule has 0 aliphatic carbocycles. The molecule has 0 spiro atoms. The lowest BCUT2D eigenvalue weighted by molar-refractivity contribution is -0.384. The van der Waals surface area contributed by atoms with Gasteiger partial charge in [-0.15, -0.1) is 0 Å². The number of para-hydroxylation sites is 1. The van der Waals surface area contributed by atoms with Crippen LogP contribution in [0.3, 0.4) is 0 Å². The van der Waals surface area contributed by atoms with Gasteiger partial charge in [0.15, 0.2) is 0 Å². The van der Waals surface area contributed by atoms with Gasteiger partial charge in [-0.1, -0.05) is 6.07 Å². The lowest BCUT2D eigenvalue weighted by Crippen LogP contribution is -2.45. The number of benzene rings is 1. The number of nitrogens with two attached hydrogens (primary N) is 1. The smallest absolute Gasteiger partial charge is 0.310 e. The number of hydrogen-bond acceptors (Lipinski definition) is 5. The van der Waals surface area contributed by atoms with Crippen LogP contribution in [0.2, 0.25) is 0 Å². The van der Waals surface area contributed by atoms with Gasteiger partial charge in [0.2, 0.25) is 0 Å². The fraction of sp³-hybridized carbons (Fsp3) is 0.462. The second-order valence-corrected chi connectivity index (χ2v) is 4.87. The first-order chi connectivity index (χ1) is 9.04. The molecule has 0 radical (unpaired) electrons. The zero-order chi connectivity index (χ0) is 14.0. The summed E-state index contributed by atoms with van der Waals surface area (Å²) in [5.74, 6) is 0. The summed E-state index contributed by atoms with van der Waals surface area (Å²) in [7, 11) is 0. The molecule has 6 heteroatoms. The minimum absolute atomic E-state index is 0.101. The number of hydrogen-bond donors (Lipinski definition) is 1. The van der Waals surface area contributed by atoms with Crippen LogP contribution in [-0.4, -0.2) is 23.6 Å². The molecule has 1 heterocycles. The van der Waals surface area contributed by atoms with Crippen molar-refractivity contribution < 1.29 is 4.92 Å². The summed E-state index contributed by atoms with van der Waals surface area (Å²) in [6, 6.07) is 7.02. The van der Waals surface area contributed by atoms with Gasteiger partial charge < -0.3 is 10.6 Å². The molecule has 0 saturated carbocycles. The van der Waals surface area contributed by atoms with E-state index in [4.69, 9.17) is 11.0 Å². The quantitative estimate of drug-likeness (QED) is 0.645. The largest absolute Gasteiger partial charge is 0.363 e. The van der Waals surface area contributed by atoms with Gasteiger partial charge in [-0.2, -0.15) is 5.26 Å². The molecule has 2 N–H and O–H groups in total. The van der Waals surface area contributed by atoms with E-state index >= 15 is 0 Å². The topological polar surface area (TPSA) is 96.2 Å². The van der Waals surface area contributed by atoms with Crippen molar-refractivity contribution >= 4 is 11.4 Å². The van der Waals surface area contributed by atoms with E-state index in [-0.39, 0.29) is 23.3 Å². The maximum atomic E-state index is 11.2. The minimum atomic E-state index is -0.477. The molecule has 1 saturated heterocycles. The van der Waals surface area contributed by atoms with Crippen molar-refractivity contribution in [3.8, 4) is 6.07 Å². The summed E-state index contributed by atoms with van der Waals surface area (Å²) < 4.78 is 0. The summed E-state index contributed by atoms with van der Waals surface area (Å²) in [4.78, 5) is 12.7. The number of nitro benzene ring substituents is 1. The predicted octanol–water partition coefficient (Wildman–Crippen LogP) is 1.78. The Morgan fingerprint density at radius 3 is 2.89 bits per heavy atom. The number of nitrogens with zero attached hydrogens (tertiary/aromatic N) is 3. The van der Waals surface area contributed by atoms with Gasteiger partial charge in [-0.05, 0) is 31.9 Å². The van der Waals surface area contributed by atoms with Crippen LogP contribution in [0.15, 0.2) is 18.2 Å². The van der Waals surface area contributed by atoms with Crippen LogP contribution in [0.5, 0.6) is 0 Å². The predicted molar refractivity (Wildman–Crippen MR) is 71.8 cm³/mol. The first-order valence-corrected chi connectivity index (χ1v) is 6.24. The van der Waals surface area contributed by atoms with Crippen molar-refractivity contribution in [3.05, 3.63) is 33.9 Å². The fourth-order valence-electron chi connectivity index (χ4n) is 2.61. The Morgan fingerprint density at radius 1 is 1.58 bits per heavy atom. The van der Waals surface area contributed by atoms with Crippen LogP contribution in [0.1, 0.15) is 25.3 Å². The Balaban J connectivity index is 2.45. The Bertz CT molecular complexity index is 538. The second-order valence-electron chi connectivity index (χ2n) is 4.87. The lowest BCUT2D eigenvalue weighted by Gasteiger charge is -2.37. The molecule has 0 amide bonds. The van der Waals surface area contributed by atoms with Crippen molar-refractivity contribution in [2.75, 3.05) is 11.4 Å². The molecule has 100 valence electrons. The Labute approximate surface area is 111 Å². The van der Waals surface area contributed by atoms with E-state index in [1.165, 1.54) is 6.07 Å². The summed E-state index contributed by atoms with van der Waals surface area (Å²) in [5.41, 5.74) is 6.42. The third-order valence-electron chi connectivity index (χ3n) is 3.54. The molecule has 1 aromatic rings. The average molecular weight is 260 g/mol. The second kappa shape index (κ2) is 5.24. The maximum absolute atomic E-state index is 11.2. The number of nitro groups is 1. The van der Waals surface area contributed by atoms with Crippen LogP contribution in [-0.2, 0) is 0 Å². The molecule has 1 aliphatic rings. The van der Waals surface area contributed by atoms with Crippen LogP contribution in [0.25, 0.3) is 0 Å². The highest BCUT2D eigenvalue weighted by atomic mass is 16.6. The van der Waals surface area contributed by atoms with Gasteiger partial charge in [0, 0.05) is 18.6 Å². The number of piperidine rings is 1. The molecule has 0 aromatic heterocycles. The van der Waals surface area contributed by atoms with Gasteiger partial charge >= 0.3 is 5.69 Å². The molecular formula is C13H16N4O2. The molecule has 2 rings (SSSR count). The molecule has 2 unspecified atom stereocenters. The molecule has 1 fully saturated rings. The monoisotopic (exact) mass is 260 g/mol. The summed E-state index contributed by atoms with van der Waals surface area (Å²) >= 11 is 0. The highest BCUT2D eigenvalue weighted by Crippen LogP contribution is 2.34. The van der Waals surface area contributed by atoms with Gasteiger partial charge in [0.25, 0.3) is 0 Å². The molecule has 1 aliphatic heterocycles. The van der Waals surface area contributed by atoms with Crippen molar-refractivity contribution in [3.63, 3.8) is 0 Å². The fourth-order valence-corrected chi connectivity index (χ4v) is 2.61. The van der Waals surface area contributed by atoms with E-state index in [1.807, 2.05) is 17.9 Å². The van der Waals surface area contributed by atoms with E-state index in [9.17, 15) is 10.1 Å². The van der Waals surface area contributed by atoms with E-state index in [0.29, 0.717) is 12.2 Å². The standard InChI is InChI=1S/C13H16N4O2/c1-9-7-11(15)5-6-16(9)12-4-2-3-10(8-14)13(12)17(18)19/h2-4,9,11H,5-7,15H2,1H3. The van der Waals surface area contributed by atoms with Gasteiger partial charge in [-0.3, -0.25) is 10.1 Å². The first kappa shape index (κ1) is 13.3. The Kier molecular flexibility index (Phi) is 3.67. The molecule has 2 atom stereocenters. The Hall–Kier alpha value is -2.13. The van der Waals surface area contributed by atoms with Crippen LogP contribution >= 0.6 is 0 Å². The Morgan fingerprint density at radius 2 is 2.32 bits per heavy atom. The normalized spacial score (nSPS) is 22.9. The lowest BCUT2D eigenvalue weighted by atomic mass is 9.97. The highest BCUT2D eigenvalue weighted by molar-refractivity contribution is 5.70. The summed E-state index contributed by atoms with van der Waals surface area (Å²) in [6.45, 7) is 2.68. The van der Waals surface area contributed by atoms with E-state index in [2.05, 4.69) is 0 Å². The summed E-state index contributed by atoms with van der Waals surface area (Å²) in [6.07, 6.45) is 1.60. The van der Waals surface area contributed by atoms with Crippen molar-refractivity contribution in [2.24, 2.45) is 5.73 Å². The van der Waals surface area contributed by atoms with Crippen molar-refractivity contribution in [2.45, 2.75) is 31.8 Å². The number of anilines is 1. The van der Waals surface area contributed by atoms with Crippen LogP contribution in [0.4, 0.5) is 11.4 Å². The van der Waals surface area contributed by atoms with Gasteiger partial charge in [0.1, 0.15) is 17.3 Å². The van der Waals surface area contributed by atoms with E-state index < -0.39 is 4.92 Å². The average Bonchev–Trinajstić information content (AvgIpc) is 2.37. The highest BCUT2D eigenvalue weighted by Gasteiger charge is 2.30. The minimum Gasteiger partial charge on any atom is -0.363 e.